The molecule has 1 amide bonds. The summed E-state index contributed by atoms with van der Waals surface area (Å²) in [5, 5.41) is 11.4. The van der Waals surface area contributed by atoms with Gasteiger partial charge in [0.15, 0.2) is 0 Å². The number of anilines is 1. The maximum atomic E-state index is 13.3. The van der Waals surface area contributed by atoms with Crippen LogP contribution in [0.25, 0.3) is 11.3 Å². The van der Waals surface area contributed by atoms with Crippen LogP contribution in [0.5, 0.6) is 0 Å². The number of aliphatic hydroxyl groups excluding tert-OH is 1. The zero-order valence-corrected chi connectivity index (χ0v) is 21.2. The number of imidazole rings is 1. The van der Waals surface area contributed by atoms with Crippen LogP contribution in [0, 0.1) is 11.3 Å². The monoisotopic (exact) mass is 506 g/mol. The van der Waals surface area contributed by atoms with Crippen molar-refractivity contribution >= 4 is 21.6 Å². The predicted octanol–water partition coefficient (Wildman–Crippen LogP) is 3.29. The molecule has 0 unspecified atom stereocenters. The van der Waals surface area contributed by atoms with E-state index in [0.29, 0.717) is 31.6 Å². The lowest BCUT2D eigenvalue weighted by atomic mass is 9.53. The summed E-state index contributed by atoms with van der Waals surface area (Å²) in [6, 6.07) is 14.8. The minimum atomic E-state index is -3.64. The average molecular weight is 507 g/mol. The third-order valence-corrected chi connectivity index (χ3v) is 10.6. The molecule has 188 valence electrons. The second kappa shape index (κ2) is 8.26. The van der Waals surface area contributed by atoms with E-state index in [2.05, 4.69) is 21.7 Å². The molecule has 1 aromatic heterocycles. The lowest BCUT2D eigenvalue weighted by Gasteiger charge is -2.57. The van der Waals surface area contributed by atoms with Crippen molar-refractivity contribution in [3.8, 4) is 11.3 Å². The van der Waals surface area contributed by atoms with Crippen molar-refractivity contribution in [1.82, 2.24) is 13.9 Å². The molecular formula is C27H30N4O4S. The quantitative estimate of drug-likeness (QED) is 0.586. The molecule has 36 heavy (non-hydrogen) atoms. The van der Waals surface area contributed by atoms with Crippen LogP contribution >= 0.6 is 0 Å². The van der Waals surface area contributed by atoms with Crippen LogP contribution in [0.3, 0.4) is 0 Å². The molecule has 1 saturated heterocycles. The fourth-order valence-corrected chi connectivity index (χ4v) is 7.88. The molecule has 3 aliphatic rings. The molecule has 3 aromatic rings. The molecule has 2 aliphatic heterocycles. The van der Waals surface area contributed by atoms with Crippen molar-refractivity contribution < 1.29 is 18.3 Å². The van der Waals surface area contributed by atoms with Gasteiger partial charge < -0.3 is 14.6 Å². The molecule has 1 N–H and O–H groups in total. The third kappa shape index (κ3) is 3.37. The highest BCUT2D eigenvalue weighted by atomic mass is 32.2. The second-order valence-corrected chi connectivity index (χ2v) is 12.3. The molecule has 8 nitrogen and oxygen atoms in total. The van der Waals surface area contributed by atoms with Crippen LogP contribution in [-0.4, -0.2) is 59.5 Å². The Balaban J connectivity index is 1.15. The number of rotatable bonds is 4. The maximum Gasteiger partial charge on any atom is 0.243 e. The molecule has 6 rings (SSSR count). The first-order chi connectivity index (χ1) is 17.2. The van der Waals surface area contributed by atoms with Gasteiger partial charge in [0.1, 0.15) is 0 Å². The van der Waals surface area contributed by atoms with Crippen LogP contribution < -0.4 is 4.90 Å². The Labute approximate surface area is 211 Å². The van der Waals surface area contributed by atoms with Crippen molar-refractivity contribution in [2.24, 2.45) is 11.3 Å². The van der Waals surface area contributed by atoms with Crippen molar-refractivity contribution in [2.45, 2.75) is 43.2 Å². The molecule has 0 bridgehead atoms. The van der Waals surface area contributed by atoms with Crippen molar-refractivity contribution in [3.05, 3.63) is 66.6 Å². The van der Waals surface area contributed by atoms with Gasteiger partial charge in [-0.1, -0.05) is 24.3 Å². The third-order valence-electron chi connectivity index (χ3n) is 8.65. The van der Waals surface area contributed by atoms with E-state index in [1.807, 2.05) is 24.7 Å². The Morgan fingerprint density at radius 3 is 2.47 bits per heavy atom. The number of aliphatic hydroxyl groups is 1. The SMILES string of the molecule is CC(=O)N(C)c1ccc(S(=O)(=O)N2CCC3(CC2)C[C@@H]([C@H]2c4ccccc4-c4cncn42)[C@H]3O)cc1. The number of carbonyl (C=O) groups is 1. The summed E-state index contributed by atoms with van der Waals surface area (Å²) < 4.78 is 30.3. The molecule has 2 fully saturated rings. The Bertz CT molecular complexity index is 1420. The van der Waals surface area contributed by atoms with Gasteiger partial charge in [-0.15, -0.1) is 0 Å². The van der Waals surface area contributed by atoms with Crippen LogP contribution in [0.4, 0.5) is 5.69 Å². The van der Waals surface area contributed by atoms with E-state index < -0.39 is 16.1 Å². The number of carbonyl (C=O) groups excluding carboxylic acids is 1. The highest BCUT2D eigenvalue weighted by Crippen LogP contribution is 2.59. The Kier molecular flexibility index (Phi) is 5.37. The van der Waals surface area contributed by atoms with E-state index in [1.165, 1.54) is 27.3 Å². The Hall–Kier alpha value is -3.01. The molecule has 0 radical (unpaired) electrons. The van der Waals surface area contributed by atoms with Crippen LogP contribution in [0.2, 0.25) is 0 Å². The minimum absolute atomic E-state index is 0.0627. The number of amides is 1. The predicted molar refractivity (Wildman–Crippen MR) is 136 cm³/mol. The summed E-state index contributed by atoms with van der Waals surface area (Å²) >= 11 is 0. The second-order valence-electron chi connectivity index (χ2n) is 10.4. The summed E-state index contributed by atoms with van der Waals surface area (Å²) in [5.74, 6) is -0.0368. The summed E-state index contributed by atoms with van der Waals surface area (Å²) in [6.45, 7) is 2.24. The fourth-order valence-electron chi connectivity index (χ4n) is 6.43. The number of sulfonamides is 1. The van der Waals surface area contributed by atoms with Gasteiger partial charge in [-0.05, 0) is 54.5 Å². The zero-order chi connectivity index (χ0) is 25.2. The first-order valence-electron chi connectivity index (χ1n) is 12.4. The number of hydrogen-bond acceptors (Lipinski definition) is 5. The van der Waals surface area contributed by atoms with E-state index in [4.69, 9.17) is 0 Å². The van der Waals surface area contributed by atoms with Crippen LogP contribution in [0.15, 0.2) is 66.0 Å². The molecule has 1 spiro atoms. The normalized spacial score (nSPS) is 24.7. The van der Waals surface area contributed by atoms with Crippen LogP contribution in [0.1, 0.15) is 37.8 Å². The van der Waals surface area contributed by atoms with E-state index in [-0.39, 0.29) is 28.2 Å². The Morgan fingerprint density at radius 2 is 1.81 bits per heavy atom. The summed E-state index contributed by atoms with van der Waals surface area (Å²) in [7, 11) is -1.98. The van der Waals surface area contributed by atoms with Crippen molar-refractivity contribution in [3.63, 3.8) is 0 Å². The Morgan fingerprint density at radius 1 is 1.11 bits per heavy atom. The highest BCUT2D eigenvalue weighted by Gasteiger charge is 2.58. The number of fused-ring (bicyclic) bond motifs is 3. The average Bonchev–Trinajstić information content (AvgIpc) is 3.48. The van der Waals surface area contributed by atoms with E-state index in [0.717, 1.165) is 12.1 Å². The number of piperidine rings is 1. The van der Waals surface area contributed by atoms with Gasteiger partial charge in [-0.2, -0.15) is 4.31 Å². The molecule has 9 heteroatoms. The molecular weight excluding hydrogens is 476 g/mol. The van der Waals surface area contributed by atoms with Gasteiger partial charge in [-0.3, -0.25) is 4.79 Å². The number of nitrogens with zero attached hydrogens (tertiary/aromatic N) is 4. The highest BCUT2D eigenvalue weighted by molar-refractivity contribution is 7.89. The zero-order valence-electron chi connectivity index (χ0n) is 20.4. The minimum Gasteiger partial charge on any atom is -0.392 e. The number of hydrogen-bond donors (Lipinski definition) is 1. The lowest BCUT2D eigenvalue weighted by molar-refractivity contribution is -0.152. The van der Waals surface area contributed by atoms with Gasteiger partial charge in [0, 0.05) is 44.2 Å². The molecule has 1 saturated carbocycles. The van der Waals surface area contributed by atoms with Crippen molar-refractivity contribution in [1.29, 1.82) is 0 Å². The van der Waals surface area contributed by atoms with E-state index in [1.54, 1.807) is 31.3 Å². The number of aromatic nitrogens is 2. The molecule has 2 aromatic carbocycles. The fraction of sp³-hybridized carbons (Fsp3) is 0.407. The van der Waals surface area contributed by atoms with Gasteiger partial charge in [0.25, 0.3) is 0 Å². The van der Waals surface area contributed by atoms with Gasteiger partial charge in [0.05, 0.1) is 35.3 Å². The van der Waals surface area contributed by atoms with Crippen LogP contribution in [-0.2, 0) is 14.8 Å². The largest absolute Gasteiger partial charge is 0.392 e. The van der Waals surface area contributed by atoms with Crippen molar-refractivity contribution in [2.75, 3.05) is 25.0 Å². The standard InChI is InChI=1S/C27H30N4O4S/c1-18(32)29(2)19-7-9-20(10-8-19)36(34,35)30-13-11-27(12-14-30)15-23(26(27)33)25-22-6-4-3-5-21(22)24-16-28-17-31(24)25/h3-10,16-17,23,25-26,33H,11-15H2,1-2H3/t23-,25+,26+/m0/s1. The van der Waals surface area contributed by atoms with E-state index in [9.17, 15) is 18.3 Å². The molecule has 3 atom stereocenters. The van der Waals surface area contributed by atoms with Gasteiger partial charge >= 0.3 is 0 Å². The molecule has 3 heterocycles. The summed E-state index contributed by atoms with van der Waals surface area (Å²) in [5.41, 5.74) is 3.90. The van der Waals surface area contributed by atoms with Gasteiger partial charge in [-0.25, -0.2) is 13.4 Å². The smallest absolute Gasteiger partial charge is 0.243 e. The number of benzene rings is 2. The summed E-state index contributed by atoms with van der Waals surface area (Å²) in [6.07, 6.45) is 5.39. The first kappa shape index (κ1) is 23.4. The lowest BCUT2D eigenvalue weighted by Crippen LogP contribution is -2.59. The first-order valence-corrected chi connectivity index (χ1v) is 13.8. The summed E-state index contributed by atoms with van der Waals surface area (Å²) in [4.78, 5) is 17.6. The maximum absolute atomic E-state index is 13.3. The van der Waals surface area contributed by atoms with E-state index >= 15 is 0 Å². The topological polar surface area (TPSA) is 95.7 Å². The van der Waals surface area contributed by atoms with Gasteiger partial charge in [0.2, 0.25) is 15.9 Å². The molecule has 1 aliphatic carbocycles.